The lowest BCUT2D eigenvalue weighted by Gasteiger charge is -2.13. The van der Waals surface area contributed by atoms with Gasteiger partial charge in [0.1, 0.15) is 0 Å². The Morgan fingerprint density at radius 2 is 2.00 bits per heavy atom. The first-order valence-corrected chi connectivity index (χ1v) is 7.21. The molecule has 1 aromatic carbocycles. The maximum absolute atomic E-state index is 11.3. The van der Waals surface area contributed by atoms with Crippen molar-refractivity contribution < 1.29 is 9.90 Å². The Morgan fingerprint density at radius 1 is 1.35 bits per heavy atom. The number of aryl methyl sites for hydroxylation is 2. The molecule has 20 heavy (non-hydrogen) atoms. The van der Waals surface area contributed by atoms with Crippen LogP contribution in [0, 0.1) is 13.8 Å². The van der Waals surface area contributed by atoms with E-state index >= 15 is 0 Å². The van der Waals surface area contributed by atoms with Crippen molar-refractivity contribution >= 4 is 21.9 Å². The fourth-order valence-corrected chi connectivity index (χ4v) is 2.89. The van der Waals surface area contributed by atoms with Crippen molar-refractivity contribution in [2.45, 2.75) is 33.7 Å². The van der Waals surface area contributed by atoms with Gasteiger partial charge in [0.2, 0.25) is 0 Å². The largest absolute Gasteiger partial charge is 0.476 e. The van der Waals surface area contributed by atoms with Gasteiger partial charge in [0.05, 0.1) is 10.2 Å². The van der Waals surface area contributed by atoms with Crippen LogP contribution < -0.4 is 0 Å². The third-order valence-electron chi connectivity index (χ3n) is 3.18. The summed E-state index contributed by atoms with van der Waals surface area (Å²) in [6.45, 7) is 8.03. The van der Waals surface area contributed by atoms with Crippen molar-refractivity contribution in [2.24, 2.45) is 0 Å². The summed E-state index contributed by atoms with van der Waals surface area (Å²) in [7, 11) is 0. The molecule has 0 aliphatic heterocycles. The molecule has 0 unspecified atom stereocenters. The molecule has 1 aromatic heterocycles. The summed E-state index contributed by atoms with van der Waals surface area (Å²) in [6.07, 6.45) is 0. The number of benzene rings is 1. The van der Waals surface area contributed by atoms with Crippen LogP contribution in [0.25, 0.3) is 11.3 Å². The molecule has 1 N–H and O–H groups in total. The molecule has 0 spiro atoms. The quantitative estimate of drug-likeness (QED) is 0.913. The first-order chi connectivity index (χ1) is 9.32. The fraction of sp³-hybridized carbons (Fsp3) is 0.333. The molecule has 0 saturated carbocycles. The predicted molar refractivity (Wildman–Crippen MR) is 82.2 cm³/mol. The summed E-state index contributed by atoms with van der Waals surface area (Å²) in [5, 5.41) is 13.5. The molecule has 0 amide bonds. The van der Waals surface area contributed by atoms with Crippen molar-refractivity contribution in [1.29, 1.82) is 0 Å². The number of rotatable bonds is 3. The molecule has 2 rings (SSSR count). The minimum atomic E-state index is -1.03. The topological polar surface area (TPSA) is 55.1 Å². The van der Waals surface area contributed by atoms with Crippen LogP contribution in [0.2, 0.25) is 0 Å². The Kier molecular flexibility index (Phi) is 3.99. The standard InChI is InChI=1S/C15H17BrN2O2/c1-8(2)18-14(12(16)13(17-18)15(19)20)11-6-5-9(3)7-10(11)4/h5-8H,1-4H3,(H,19,20). The third kappa shape index (κ3) is 2.50. The van der Waals surface area contributed by atoms with Crippen molar-refractivity contribution in [3.8, 4) is 11.3 Å². The van der Waals surface area contributed by atoms with E-state index in [4.69, 9.17) is 0 Å². The van der Waals surface area contributed by atoms with Crippen LogP contribution in [-0.2, 0) is 0 Å². The van der Waals surface area contributed by atoms with E-state index in [0.717, 1.165) is 16.8 Å². The van der Waals surface area contributed by atoms with E-state index < -0.39 is 5.97 Å². The zero-order valence-electron chi connectivity index (χ0n) is 11.9. The minimum absolute atomic E-state index is 0.0497. The zero-order valence-corrected chi connectivity index (χ0v) is 13.5. The summed E-state index contributed by atoms with van der Waals surface area (Å²) in [5.41, 5.74) is 4.14. The lowest BCUT2D eigenvalue weighted by molar-refractivity contribution is 0.0688. The molecule has 5 heteroatoms. The number of carbonyl (C=O) groups is 1. The van der Waals surface area contributed by atoms with Gasteiger partial charge < -0.3 is 5.11 Å². The number of aromatic nitrogens is 2. The molecule has 0 fully saturated rings. The number of aromatic carboxylic acids is 1. The van der Waals surface area contributed by atoms with Gasteiger partial charge in [-0.25, -0.2) is 4.79 Å². The van der Waals surface area contributed by atoms with Gasteiger partial charge in [-0.2, -0.15) is 5.10 Å². The Labute approximate surface area is 126 Å². The predicted octanol–water partition coefficient (Wildman–Crippen LogP) is 4.21. The lowest BCUT2D eigenvalue weighted by atomic mass is 10.0. The van der Waals surface area contributed by atoms with Crippen LogP contribution in [-0.4, -0.2) is 20.9 Å². The Balaban J connectivity index is 2.75. The number of halogens is 1. The third-order valence-corrected chi connectivity index (χ3v) is 3.93. The maximum atomic E-state index is 11.3. The highest BCUT2D eigenvalue weighted by molar-refractivity contribution is 9.10. The van der Waals surface area contributed by atoms with Gasteiger partial charge in [-0.3, -0.25) is 4.68 Å². The van der Waals surface area contributed by atoms with Gasteiger partial charge in [-0.05, 0) is 49.2 Å². The van der Waals surface area contributed by atoms with Gasteiger partial charge >= 0.3 is 5.97 Å². The molecule has 0 bridgehead atoms. The molecule has 0 aliphatic carbocycles. The van der Waals surface area contributed by atoms with Gasteiger partial charge in [-0.15, -0.1) is 0 Å². The van der Waals surface area contributed by atoms with Crippen molar-refractivity contribution in [1.82, 2.24) is 9.78 Å². The average Bonchev–Trinajstić information content (AvgIpc) is 2.67. The second kappa shape index (κ2) is 5.40. The summed E-state index contributed by atoms with van der Waals surface area (Å²) in [6, 6.07) is 6.19. The molecule has 4 nitrogen and oxygen atoms in total. The van der Waals surface area contributed by atoms with E-state index in [9.17, 15) is 9.90 Å². The first-order valence-electron chi connectivity index (χ1n) is 6.41. The maximum Gasteiger partial charge on any atom is 0.357 e. The van der Waals surface area contributed by atoms with E-state index in [0.29, 0.717) is 4.47 Å². The van der Waals surface area contributed by atoms with E-state index in [1.165, 1.54) is 5.56 Å². The van der Waals surface area contributed by atoms with Gasteiger partial charge in [0, 0.05) is 11.6 Å². The molecule has 0 radical (unpaired) electrons. The number of carboxylic acid groups (broad SMARTS) is 1. The Bertz CT molecular complexity index is 675. The normalized spacial score (nSPS) is 11.1. The van der Waals surface area contributed by atoms with E-state index in [1.807, 2.05) is 39.8 Å². The summed E-state index contributed by atoms with van der Waals surface area (Å²) < 4.78 is 2.29. The highest BCUT2D eigenvalue weighted by atomic mass is 79.9. The molecule has 0 aliphatic rings. The molecule has 0 atom stereocenters. The highest BCUT2D eigenvalue weighted by Gasteiger charge is 2.23. The van der Waals surface area contributed by atoms with E-state index in [1.54, 1.807) is 4.68 Å². The van der Waals surface area contributed by atoms with Crippen LogP contribution >= 0.6 is 15.9 Å². The van der Waals surface area contributed by atoms with Crippen LogP contribution in [0.4, 0.5) is 0 Å². The second-order valence-electron chi connectivity index (χ2n) is 5.17. The molecule has 106 valence electrons. The van der Waals surface area contributed by atoms with Gasteiger partial charge in [-0.1, -0.05) is 23.8 Å². The van der Waals surface area contributed by atoms with Crippen LogP contribution in [0.15, 0.2) is 22.7 Å². The van der Waals surface area contributed by atoms with E-state index in [-0.39, 0.29) is 11.7 Å². The number of hydrogen-bond donors (Lipinski definition) is 1. The number of nitrogens with zero attached hydrogens (tertiary/aromatic N) is 2. The smallest absolute Gasteiger partial charge is 0.357 e. The minimum Gasteiger partial charge on any atom is -0.476 e. The van der Waals surface area contributed by atoms with Crippen LogP contribution in [0.3, 0.4) is 0 Å². The highest BCUT2D eigenvalue weighted by Crippen LogP contribution is 2.35. The zero-order chi connectivity index (χ0) is 15.0. The molecular formula is C15H17BrN2O2. The summed E-state index contributed by atoms with van der Waals surface area (Å²) in [4.78, 5) is 11.3. The van der Waals surface area contributed by atoms with Gasteiger partial charge in [0.25, 0.3) is 0 Å². The summed E-state index contributed by atoms with van der Waals surface area (Å²) in [5.74, 6) is -1.03. The monoisotopic (exact) mass is 336 g/mol. The van der Waals surface area contributed by atoms with Crippen LogP contribution in [0.5, 0.6) is 0 Å². The Morgan fingerprint density at radius 3 is 2.50 bits per heavy atom. The fourth-order valence-electron chi connectivity index (χ4n) is 2.25. The SMILES string of the molecule is Cc1ccc(-c2c(Br)c(C(=O)O)nn2C(C)C)c(C)c1. The van der Waals surface area contributed by atoms with Crippen molar-refractivity contribution in [3.63, 3.8) is 0 Å². The number of hydrogen-bond acceptors (Lipinski definition) is 2. The number of carboxylic acids is 1. The molecule has 0 saturated heterocycles. The summed E-state index contributed by atoms with van der Waals surface area (Å²) >= 11 is 3.40. The molecule has 1 heterocycles. The first kappa shape index (κ1) is 14.8. The second-order valence-corrected chi connectivity index (χ2v) is 5.97. The molecule has 2 aromatic rings. The van der Waals surface area contributed by atoms with Crippen molar-refractivity contribution in [3.05, 3.63) is 39.5 Å². The van der Waals surface area contributed by atoms with Gasteiger partial charge in [0.15, 0.2) is 5.69 Å². The lowest BCUT2D eigenvalue weighted by Crippen LogP contribution is -2.07. The average molecular weight is 337 g/mol. The van der Waals surface area contributed by atoms with Crippen LogP contribution in [0.1, 0.15) is 41.5 Å². The Hall–Kier alpha value is -1.62. The van der Waals surface area contributed by atoms with E-state index in [2.05, 4.69) is 27.1 Å². The molecular weight excluding hydrogens is 320 g/mol. The van der Waals surface area contributed by atoms with Crippen molar-refractivity contribution in [2.75, 3.05) is 0 Å².